The van der Waals surface area contributed by atoms with Gasteiger partial charge in [0.05, 0.1) is 57.9 Å². The summed E-state index contributed by atoms with van der Waals surface area (Å²) < 4.78 is 35.5. The first-order valence-electron chi connectivity index (χ1n) is 44.4. The summed E-state index contributed by atoms with van der Waals surface area (Å²) in [5.41, 5.74) is 0.943. The zero-order valence-electron chi connectivity index (χ0n) is 80.2. The number of halogens is 1. The van der Waals surface area contributed by atoms with Gasteiger partial charge in [-0.15, -0.1) is 79.1 Å². The first kappa shape index (κ1) is 115. The van der Waals surface area contributed by atoms with Crippen LogP contribution in [0.3, 0.4) is 0 Å². The van der Waals surface area contributed by atoms with Crippen LogP contribution in [0.4, 0.5) is 0 Å². The molecule has 0 spiro atoms. The fourth-order valence-corrected chi connectivity index (χ4v) is 21.8. The van der Waals surface area contributed by atoms with Gasteiger partial charge in [-0.3, -0.25) is 28.8 Å². The quantitative estimate of drug-likeness (QED) is 0.0435. The number of aliphatic hydroxyl groups excluding tert-OH is 13. The van der Waals surface area contributed by atoms with E-state index >= 15 is 0 Å². The van der Waals surface area contributed by atoms with Crippen LogP contribution >= 0.6 is 63.9 Å². The van der Waals surface area contributed by atoms with E-state index in [2.05, 4.69) is 189 Å². The van der Waals surface area contributed by atoms with Crippen molar-refractivity contribution in [3.8, 4) is 0 Å². The molecule has 12 heterocycles. The summed E-state index contributed by atoms with van der Waals surface area (Å²) in [5, 5.41) is 148. The van der Waals surface area contributed by atoms with Gasteiger partial charge in [0, 0.05) is 43.7 Å². The SMILES string of the molecule is C=C1NC(=O)C(/C=C/CC)=CN1[C@@H]1O[C@H](CCP(=C)(C)C)[C@@H](O)[C@H]1O.C=C1NC(=O)C(C)=CN1[C@@H]1O[C@H](CCP(=C)(C)C)[C@@H](O)[C@H]1O.C=C1NC(=O)C(C)CN1[C@@H]1O[C@H](CCP(=C)(C)C)[C@@H](O)[C@H]1O.C=C1NC(=O)C(I)=CN1[C@@H]1O[C@H](CCP(=C)(C)C)[C@@H](O)[C@H]1O.C=C1NC(=O)C(O)=CN1[C@@H]1O[C@H](CCP(=C)(C)C)[C@@H](O)[C@H]1O.C=C1NC(=O)CCN1[C@@H]1O[C@H](CCP(=C)(C)C)[C@@H](O)[C@H]1O. The van der Waals surface area contributed by atoms with Gasteiger partial charge in [-0.25, -0.2) is 0 Å². The summed E-state index contributed by atoms with van der Waals surface area (Å²) in [6.07, 6.45) is 25.1. The second kappa shape index (κ2) is 48.2. The predicted molar refractivity (Wildman–Crippen MR) is 549 cm³/mol. The lowest BCUT2D eigenvalue weighted by atomic mass is 10.1. The van der Waals surface area contributed by atoms with Crippen molar-refractivity contribution in [2.24, 2.45) is 5.92 Å². The third kappa shape index (κ3) is 32.5. The van der Waals surface area contributed by atoms with Crippen LogP contribution in [0.5, 0.6) is 0 Å². The Bertz CT molecular complexity index is 4550. The Hall–Kier alpha value is -5.63. The molecule has 0 aromatic carbocycles. The molecule has 0 bridgehead atoms. The maximum Gasteiger partial charge on any atom is 0.293 e. The van der Waals surface area contributed by atoms with Crippen LogP contribution in [0.2, 0.25) is 0 Å². The molecule has 25 atom stereocenters. The van der Waals surface area contributed by atoms with Crippen molar-refractivity contribution in [1.29, 1.82) is 0 Å². The van der Waals surface area contributed by atoms with Crippen LogP contribution in [0.25, 0.3) is 0 Å². The Morgan fingerprint density at radius 1 is 0.381 bits per heavy atom. The number of carbonyl (C=O) groups is 6. The molecule has 37 nitrogen and oxygen atoms in total. The van der Waals surface area contributed by atoms with Crippen LogP contribution in [0.1, 0.15) is 72.1 Å². The Balaban J connectivity index is 0.000000220. The first-order chi connectivity index (χ1) is 61.7. The number of rotatable bonds is 26. The van der Waals surface area contributed by atoms with E-state index in [1.807, 2.05) is 35.6 Å². The minimum atomic E-state index is -1.26. The van der Waals surface area contributed by atoms with Crippen LogP contribution in [-0.2, 0) is 57.2 Å². The third-order valence-electron chi connectivity index (χ3n) is 23.6. The summed E-state index contributed by atoms with van der Waals surface area (Å²) >= 11 is 1.90. The molecule has 19 N–H and O–H groups in total. The van der Waals surface area contributed by atoms with Crippen molar-refractivity contribution in [3.05, 3.63) is 132 Å². The first-order valence-corrected chi connectivity index (χ1v) is 63.8. The zero-order valence-corrected chi connectivity index (χ0v) is 87.7. The zero-order chi connectivity index (χ0) is 101. The van der Waals surface area contributed by atoms with Gasteiger partial charge >= 0.3 is 0 Å². The van der Waals surface area contributed by atoms with Gasteiger partial charge in [0.15, 0.2) is 43.1 Å². The molecule has 0 aromatic rings. The molecule has 0 radical (unpaired) electrons. The smallest absolute Gasteiger partial charge is 0.293 e. The highest BCUT2D eigenvalue weighted by molar-refractivity contribution is 14.1. The van der Waals surface area contributed by atoms with Crippen molar-refractivity contribution in [3.63, 3.8) is 0 Å². The fourth-order valence-electron chi connectivity index (χ4n) is 15.6. The van der Waals surface area contributed by atoms with E-state index in [9.17, 15) is 95.2 Å². The summed E-state index contributed by atoms with van der Waals surface area (Å²) in [7, 11) is 0. The second-order valence-corrected chi connectivity index (χ2v) is 66.9. The molecule has 758 valence electrons. The number of hydrogen-bond acceptors (Lipinski definition) is 31. The molecule has 44 heteroatoms. The average Bonchev–Trinajstić information content (AvgIpc) is 1.65. The van der Waals surface area contributed by atoms with Gasteiger partial charge in [-0.1, -0.05) is 65.5 Å². The molecule has 0 saturated carbocycles. The van der Waals surface area contributed by atoms with Crippen LogP contribution in [0.15, 0.2) is 132 Å². The average molecular weight is 2110 g/mol. The van der Waals surface area contributed by atoms with E-state index in [-0.39, 0.29) is 41.3 Å². The normalized spacial score (nSPS) is 33.3. The molecule has 12 aliphatic heterocycles. The number of hydrogen-bond donors (Lipinski definition) is 19. The third-order valence-corrected chi connectivity index (χ3v) is 33.2. The van der Waals surface area contributed by atoms with Crippen LogP contribution < -0.4 is 31.9 Å². The van der Waals surface area contributed by atoms with Crippen molar-refractivity contribution in [1.82, 2.24) is 61.3 Å². The minimum Gasteiger partial charge on any atom is -0.502 e. The molecule has 134 heavy (non-hydrogen) atoms. The number of nitrogens with zero attached hydrogens (tertiary/aromatic N) is 6. The highest BCUT2D eigenvalue weighted by Crippen LogP contribution is 2.46. The fraction of sp³-hybridized carbons (Fsp3) is 0.622. The predicted octanol–water partition coefficient (Wildman–Crippen LogP) is 2.07. The molecule has 8 saturated heterocycles. The number of nitrogens with one attached hydrogen (secondary N) is 6. The van der Waals surface area contributed by atoms with E-state index in [4.69, 9.17) is 28.4 Å². The largest absolute Gasteiger partial charge is 0.502 e. The van der Waals surface area contributed by atoms with Crippen LogP contribution in [-0.4, -0.2) is 446 Å². The van der Waals surface area contributed by atoms with Crippen LogP contribution in [0, 0.1) is 5.92 Å². The molecular weight excluding hydrogens is 1960 g/mol. The molecule has 1 unspecified atom stereocenters. The van der Waals surface area contributed by atoms with Crippen molar-refractivity contribution < 1.29 is 124 Å². The lowest BCUT2D eigenvalue weighted by molar-refractivity contribution is -0.133. The minimum absolute atomic E-state index is 0.0885. The molecule has 8 fully saturated rings. The maximum absolute atomic E-state index is 12.0. The van der Waals surface area contributed by atoms with E-state index in [0.717, 1.165) is 49.6 Å². The second-order valence-electron chi connectivity index (χ2n) is 39.8. The van der Waals surface area contributed by atoms with Gasteiger partial charge in [-0.05, 0) is 191 Å². The van der Waals surface area contributed by atoms with Crippen molar-refractivity contribution >= 4 is 137 Å². The van der Waals surface area contributed by atoms with E-state index in [1.54, 1.807) is 63.0 Å². The Morgan fingerprint density at radius 2 is 0.664 bits per heavy atom. The van der Waals surface area contributed by atoms with Gasteiger partial charge in [0.2, 0.25) is 11.8 Å². The number of carbonyl (C=O) groups excluding carboxylic acids is 6. The van der Waals surface area contributed by atoms with Gasteiger partial charge in [0.1, 0.15) is 108 Å². The molecule has 0 aliphatic carbocycles. The van der Waals surface area contributed by atoms with Gasteiger partial charge in [-0.2, -0.15) is 0 Å². The lowest BCUT2D eigenvalue weighted by Crippen LogP contribution is -2.54. The summed E-state index contributed by atoms with van der Waals surface area (Å²) in [4.78, 5) is 78.8. The summed E-state index contributed by atoms with van der Waals surface area (Å²) in [6, 6.07) is 0. The summed E-state index contributed by atoms with van der Waals surface area (Å²) in [5.74, 6) is -0.335. The van der Waals surface area contributed by atoms with E-state index in [1.165, 1.54) is 4.90 Å². The van der Waals surface area contributed by atoms with Crippen molar-refractivity contribution in [2.45, 2.75) is 219 Å². The summed E-state index contributed by atoms with van der Waals surface area (Å²) in [6.45, 7) is 47.0. The van der Waals surface area contributed by atoms with E-state index in [0.29, 0.717) is 102 Å². The number of aliphatic hydroxyl groups is 13. The number of ether oxygens (including phenoxy) is 6. The van der Waals surface area contributed by atoms with Gasteiger partial charge < -0.3 is 156 Å². The number of amides is 6. The molecule has 6 amide bonds. The molecule has 12 aliphatic rings. The monoisotopic (exact) mass is 2110 g/mol. The lowest BCUT2D eigenvalue weighted by Gasteiger charge is -2.39. The topological polar surface area (TPSA) is 512 Å². The Morgan fingerprint density at radius 3 is 1.00 bits per heavy atom. The Labute approximate surface area is 804 Å². The highest BCUT2D eigenvalue weighted by Gasteiger charge is 2.53. The number of allylic oxidation sites excluding steroid dienone is 1. The van der Waals surface area contributed by atoms with E-state index < -0.39 is 200 Å². The highest BCUT2D eigenvalue weighted by atomic mass is 127. The standard InChI is InChI=1S/C18H29N2O4P.C15H27N2O4P.C15H25N2O4P.C14H22IN2O4P.C14H23N2O5P.C14H25N2O4P/c1-6-7-8-13-11-20(12(2)19-17(13)23)18-16(22)15(21)14(24-18)9-10-25(3,4)5;2*1-9-8-17(10(2)16-14(9)20)15-13(19)12(18)11(21-15)6-7-22(3,4)5;1-8-16-13(20)9(15)7-17(8)14-12(19)11(18)10(21-14)5-6-22(2,3)4;1-8-15-13(20)9(17)7-16(8)14-12(19)11(18)10(21-14)5-6-22(2,3)4;1-9-15-11(17)5-7-16(9)14-13(19)12(18)10(20-14)6-8-21(2,3)4/h7-8,11,14-16,18,21-22H,2-3,6,9-10H2,1,4-5H3,(H,19,23);9,11-13,15,18-19H,2-3,6-8H2,1,4-5H3,(H,16,20);8,11-13,15,18-19H,2-3,6-7H2,1,4-5H3,(H,16,20);7,10-12,14,18-19H,1-2,5-6H2,3-4H3,(H,16,20);7,10-12,14,17-19H,1-2,5-6H2,3-4H3,(H,15,20);10,12-14,18-19H,1-2,5-8H2,3-4H3,(H,15,17)/b8-7+;;;;;/t14-,15-,16-,18-;9?,11-,12-,13-,15-;11-,12-,13-,15-;2*10-,11-,12-,14-;10-,12-,13-,14-/m111111/s1. The van der Waals surface area contributed by atoms with Gasteiger partial charge in [0.25, 0.3) is 23.6 Å². The Kier molecular flexibility index (Phi) is 41.5. The maximum atomic E-state index is 12.0. The molecule has 12 rings (SSSR count). The molecule has 0 aromatic heterocycles. The van der Waals surface area contributed by atoms with Crippen molar-refractivity contribution in [2.75, 3.05) is 130 Å². The molecular formula is C90H151IN12O25P6.